The van der Waals surface area contributed by atoms with Gasteiger partial charge in [0, 0.05) is 28.5 Å². The molecule has 1 fully saturated rings. The van der Waals surface area contributed by atoms with Crippen LogP contribution >= 0.6 is 11.6 Å². The highest BCUT2D eigenvalue weighted by atomic mass is 35.5. The number of ether oxygens (including phenoxy) is 2. The number of rotatable bonds is 10. The smallest absolute Gasteiger partial charge is 0.412 e. The first kappa shape index (κ1) is 33.8. The molecule has 45 heavy (non-hydrogen) atoms. The van der Waals surface area contributed by atoms with Crippen LogP contribution < -0.4 is 0 Å². The third-order valence-electron chi connectivity index (χ3n) is 7.61. The van der Waals surface area contributed by atoms with Crippen molar-refractivity contribution in [1.29, 1.82) is 0 Å². The average molecular weight is 640 g/mol. The largest absolute Gasteiger partial charge is 0.444 e. The molecule has 2 aromatic carbocycles. The maximum atomic E-state index is 15.3. The molecule has 2 heterocycles. The van der Waals surface area contributed by atoms with Crippen LogP contribution in [0.4, 0.5) is 13.6 Å². The van der Waals surface area contributed by atoms with Crippen molar-refractivity contribution in [3.8, 4) is 0 Å². The zero-order valence-corrected chi connectivity index (χ0v) is 26.6. The Balaban J connectivity index is 1.62. The van der Waals surface area contributed by atoms with E-state index in [9.17, 15) is 19.5 Å². The van der Waals surface area contributed by atoms with Crippen LogP contribution in [0.3, 0.4) is 0 Å². The molecular weight excluding hydrogens is 604 g/mol. The molecule has 9 nitrogen and oxygen atoms in total. The van der Waals surface area contributed by atoms with Crippen LogP contribution in [0.15, 0.2) is 66.0 Å². The number of benzene rings is 2. The van der Waals surface area contributed by atoms with Crippen LogP contribution in [0.2, 0.25) is 5.02 Å². The van der Waals surface area contributed by atoms with E-state index < -0.39 is 52.8 Å². The number of Topliss-reactive ketones (excluding diaryl/α,β-unsaturated/α-hetero) is 1. The van der Waals surface area contributed by atoms with E-state index in [1.807, 2.05) is 0 Å². The Bertz CT molecular complexity index is 1590. The molecule has 1 aromatic heterocycles. The number of pyridine rings is 1. The van der Waals surface area contributed by atoms with Crippen LogP contribution in [-0.4, -0.2) is 51.8 Å². The molecule has 0 unspecified atom stereocenters. The highest BCUT2D eigenvalue weighted by molar-refractivity contribution is 6.30. The molecule has 0 N–H and O–H groups in total. The summed E-state index contributed by atoms with van der Waals surface area (Å²) in [4.78, 5) is 35.4. The Morgan fingerprint density at radius 2 is 1.89 bits per heavy atom. The topological polar surface area (TPSA) is 117 Å². The molecule has 0 aliphatic carbocycles. The third-order valence-corrected chi connectivity index (χ3v) is 7.86. The number of hydrogen-bond acceptors (Lipinski definition) is 6. The standard InChI is InChI=1S/C33H36ClF2N5O4/c1-32(2,3)45-31(43)41-25(19-44-33(41,4)5)13-14-26-22(17-38-18-27(26)36)16-28(42)30(39-40-37)29(20-9-11-23(34)12-10-20)21-7-6-8-24(35)15-21/h6-12,15,17-18,25,29-30H,13-14,16,19H2,1-5H3/t25-,29-,30+/m0/s1. The van der Waals surface area contributed by atoms with Gasteiger partial charge in [0.05, 0.1) is 18.8 Å². The van der Waals surface area contributed by atoms with Crippen molar-refractivity contribution in [2.24, 2.45) is 5.11 Å². The molecule has 0 bridgehead atoms. The van der Waals surface area contributed by atoms with Crippen LogP contribution in [0.1, 0.15) is 69.2 Å². The minimum atomic E-state index is -1.29. The van der Waals surface area contributed by atoms with Crippen molar-refractivity contribution >= 4 is 23.5 Å². The molecule has 0 spiro atoms. The summed E-state index contributed by atoms with van der Waals surface area (Å²) in [5, 5.41) is 4.31. The molecule has 238 valence electrons. The Hall–Kier alpha value is -4.05. The van der Waals surface area contributed by atoms with Gasteiger partial charge in [-0.1, -0.05) is 41.0 Å². The lowest BCUT2D eigenvalue weighted by atomic mass is 9.82. The van der Waals surface area contributed by atoms with Gasteiger partial charge in [-0.3, -0.25) is 14.7 Å². The normalized spacial score (nSPS) is 17.3. The van der Waals surface area contributed by atoms with Gasteiger partial charge in [0.25, 0.3) is 0 Å². The first-order valence-corrected chi connectivity index (χ1v) is 14.9. The molecule has 0 saturated carbocycles. The number of hydrogen-bond donors (Lipinski definition) is 0. The third kappa shape index (κ3) is 8.36. The summed E-state index contributed by atoms with van der Waals surface area (Å²) in [7, 11) is 0. The second-order valence-corrected chi connectivity index (χ2v) is 12.9. The molecular formula is C33H36ClF2N5O4. The average Bonchev–Trinajstić information content (AvgIpc) is 3.26. The molecule has 1 amide bonds. The number of amides is 1. The first-order valence-electron chi connectivity index (χ1n) is 14.6. The SMILES string of the molecule is CC(C)(C)OC(=O)N1[C@@H](CCc2c(F)cncc2CC(=O)[C@@H](N=[N+]=[N-])[C@@H](c2ccc(Cl)cc2)c2cccc(F)c2)COC1(C)C. The molecule has 1 aliphatic rings. The van der Waals surface area contributed by atoms with Crippen molar-refractivity contribution < 1.29 is 27.8 Å². The number of halogens is 3. The van der Waals surface area contributed by atoms with Gasteiger partial charge in [-0.05, 0) is 99.5 Å². The number of carbonyl (C=O) groups is 2. The molecule has 3 atom stereocenters. The lowest BCUT2D eigenvalue weighted by molar-refractivity contribution is -0.119. The summed E-state index contributed by atoms with van der Waals surface area (Å²) in [5.74, 6) is -2.48. The van der Waals surface area contributed by atoms with Crippen molar-refractivity contribution in [2.75, 3.05) is 6.61 Å². The minimum Gasteiger partial charge on any atom is -0.444 e. The second-order valence-electron chi connectivity index (χ2n) is 12.4. The first-order chi connectivity index (χ1) is 21.2. The Morgan fingerprint density at radius 1 is 1.18 bits per heavy atom. The van der Waals surface area contributed by atoms with E-state index in [0.717, 1.165) is 6.20 Å². The lowest BCUT2D eigenvalue weighted by Crippen LogP contribution is -2.50. The Kier molecular flexibility index (Phi) is 10.5. The highest BCUT2D eigenvalue weighted by Crippen LogP contribution is 2.34. The molecule has 1 saturated heterocycles. The van der Waals surface area contributed by atoms with Gasteiger partial charge in [-0.25, -0.2) is 13.6 Å². The molecule has 1 aliphatic heterocycles. The maximum Gasteiger partial charge on any atom is 0.412 e. The zero-order valence-electron chi connectivity index (χ0n) is 25.8. The van der Waals surface area contributed by atoms with Gasteiger partial charge in [0.1, 0.15) is 34.8 Å². The quantitative estimate of drug-likeness (QED) is 0.127. The van der Waals surface area contributed by atoms with E-state index in [4.69, 9.17) is 21.1 Å². The molecule has 0 radical (unpaired) electrons. The van der Waals surface area contributed by atoms with Crippen LogP contribution in [0.5, 0.6) is 0 Å². The molecule has 12 heteroatoms. The van der Waals surface area contributed by atoms with E-state index in [0.29, 0.717) is 28.1 Å². The van der Waals surface area contributed by atoms with Crippen molar-refractivity contribution in [1.82, 2.24) is 9.88 Å². The van der Waals surface area contributed by atoms with Crippen molar-refractivity contribution in [2.45, 2.75) is 83.2 Å². The van der Waals surface area contributed by atoms with E-state index in [1.54, 1.807) is 65.0 Å². The summed E-state index contributed by atoms with van der Waals surface area (Å²) in [6.07, 6.45) is 2.12. The fourth-order valence-electron chi connectivity index (χ4n) is 5.61. The summed E-state index contributed by atoms with van der Waals surface area (Å²) in [6, 6.07) is 10.6. The predicted molar refractivity (Wildman–Crippen MR) is 166 cm³/mol. The number of ketones is 1. The van der Waals surface area contributed by atoms with E-state index in [-0.39, 0.29) is 25.0 Å². The molecule has 3 aromatic rings. The molecule has 4 rings (SSSR count). The lowest BCUT2D eigenvalue weighted by Gasteiger charge is -2.35. The van der Waals surface area contributed by atoms with Crippen LogP contribution in [0, 0.1) is 11.6 Å². The number of nitrogens with zero attached hydrogens (tertiary/aromatic N) is 5. The maximum absolute atomic E-state index is 15.3. The van der Waals surface area contributed by atoms with Gasteiger partial charge in [-0.2, -0.15) is 0 Å². The van der Waals surface area contributed by atoms with Gasteiger partial charge >= 0.3 is 6.09 Å². The fourth-order valence-corrected chi connectivity index (χ4v) is 5.74. The summed E-state index contributed by atoms with van der Waals surface area (Å²) < 4.78 is 41.1. The van der Waals surface area contributed by atoms with Crippen LogP contribution in [0.25, 0.3) is 10.4 Å². The zero-order chi connectivity index (χ0) is 32.9. The summed E-state index contributed by atoms with van der Waals surface area (Å²) >= 11 is 6.09. The van der Waals surface area contributed by atoms with Gasteiger partial charge in [0.2, 0.25) is 0 Å². The number of azide groups is 1. The van der Waals surface area contributed by atoms with Gasteiger partial charge in [-0.15, -0.1) is 0 Å². The summed E-state index contributed by atoms with van der Waals surface area (Å²) in [6.45, 7) is 9.07. The van der Waals surface area contributed by atoms with E-state index >= 15 is 4.39 Å². The van der Waals surface area contributed by atoms with E-state index in [2.05, 4.69) is 15.0 Å². The minimum absolute atomic E-state index is 0.164. The summed E-state index contributed by atoms with van der Waals surface area (Å²) in [5.41, 5.74) is 9.38. The monoisotopic (exact) mass is 639 g/mol. The van der Waals surface area contributed by atoms with Crippen molar-refractivity contribution in [3.63, 3.8) is 0 Å². The van der Waals surface area contributed by atoms with Gasteiger partial charge in [0.15, 0.2) is 0 Å². The number of carbonyl (C=O) groups excluding carboxylic acids is 2. The van der Waals surface area contributed by atoms with Crippen molar-refractivity contribution in [3.05, 3.63) is 110 Å². The fraction of sp³-hybridized carbons (Fsp3) is 0.424. The van der Waals surface area contributed by atoms with Gasteiger partial charge < -0.3 is 9.47 Å². The van der Waals surface area contributed by atoms with Crippen LogP contribution in [-0.2, 0) is 27.1 Å². The highest BCUT2D eigenvalue weighted by Gasteiger charge is 2.45. The Labute approximate surface area is 266 Å². The number of aromatic nitrogens is 1. The second kappa shape index (κ2) is 13.9. The predicted octanol–water partition coefficient (Wildman–Crippen LogP) is 7.94. The van der Waals surface area contributed by atoms with E-state index in [1.165, 1.54) is 29.3 Å². The Morgan fingerprint density at radius 3 is 2.53 bits per heavy atom.